The van der Waals surface area contributed by atoms with E-state index in [1.54, 1.807) is 13.8 Å². The first-order chi connectivity index (χ1) is 15.8. The average Bonchev–Trinajstić information content (AvgIpc) is 2.68. The van der Waals surface area contributed by atoms with Crippen molar-refractivity contribution < 1.29 is 35.8 Å². The molecule has 0 aliphatic heterocycles. The van der Waals surface area contributed by atoms with E-state index in [2.05, 4.69) is 41.9 Å². The molecule has 0 aliphatic rings. The number of hydrogen-bond acceptors (Lipinski definition) is 5. The Labute approximate surface area is 190 Å². The molecule has 34 heavy (non-hydrogen) atoms. The third kappa shape index (κ3) is 10.5. The smallest absolute Gasteiger partial charge is 0.406 e. The third-order valence-corrected chi connectivity index (χ3v) is 3.44. The van der Waals surface area contributed by atoms with Gasteiger partial charge in [-0.25, -0.2) is 4.99 Å². The Morgan fingerprint density at radius 1 is 0.824 bits per heavy atom. The summed E-state index contributed by atoms with van der Waals surface area (Å²) in [7, 11) is 0. The third-order valence-electron chi connectivity index (χ3n) is 3.44. The Hall–Kier alpha value is -4.03. The van der Waals surface area contributed by atoms with Crippen molar-refractivity contribution in [2.45, 2.75) is 26.6 Å². The second kappa shape index (κ2) is 11.2. The van der Waals surface area contributed by atoms with E-state index in [0.717, 1.165) is 24.3 Å². The highest BCUT2D eigenvalue weighted by atomic mass is 19.4. The van der Waals surface area contributed by atoms with Gasteiger partial charge in [0.05, 0.1) is 6.21 Å². The van der Waals surface area contributed by atoms with Crippen molar-refractivity contribution in [3.05, 3.63) is 66.5 Å². The average molecular weight is 487 g/mol. The SMILES string of the molecule is C=C(/N=C(\N=C(C)C)Nc1ccc(OC(F)(F)F)cc1)N/N=C/c1ccc(OC(F)(F)F)cc1. The zero-order valence-electron chi connectivity index (χ0n) is 17.8. The largest absolute Gasteiger partial charge is 0.573 e. The number of ether oxygens (including phenoxy) is 2. The number of rotatable bonds is 7. The van der Waals surface area contributed by atoms with Gasteiger partial charge in [-0.05, 0) is 67.9 Å². The Morgan fingerprint density at radius 2 is 1.32 bits per heavy atom. The van der Waals surface area contributed by atoms with Crippen LogP contribution in [0.1, 0.15) is 19.4 Å². The van der Waals surface area contributed by atoms with Crippen LogP contribution in [-0.4, -0.2) is 30.6 Å². The molecule has 182 valence electrons. The van der Waals surface area contributed by atoms with Crippen LogP contribution < -0.4 is 20.2 Å². The summed E-state index contributed by atoms with van der Waals surface area (Å²) < 4.78 is 81.0. The molecule has 2 rings (SSSR count). The monoisotopic (exact) mass is 487 g/mol. The van der Waals surface area contributed by atoms with E-state index in [1.807, 2.05) is 0 Å². The summed E-state index contributed by atoms with van der Waals surface area (Å²) in [4.78, 5) is 8.31. The quantitative estimate of drug-likeness (QED) is 0.223. The summed E-state index contributed by atoms with van der Waals surface area (Å²) >= 11 is 0. The predicted octanol–water partition coefficient (Wildman–Crippen LogP) is 5.83. The van der Waals surface area contributed by atoms with Gasteiger partial charge in [0.1, 0.15) is 17.3 Å². The number of nitrogens with one attached hydrogen (secondary N) is 2. The second-order valence-electron chi connectivity index (χ2n) is 6.63. The molecule has 0 bridgehead atoms. The van der Waals surface area contributed by atoms with Gasteiger partial charge in [0.25, 0.3) is 0 Å². The van der Waals surface area contributed by atoms with Crippen molar-refractivity contribution in [3.8, 4) is 11.5 Å². The maximum Gasteiger partial charge on any atom is 0.573 e. The van der Waals surface area contributed by atoms with Gasteiger partial charge in [0, 0.05) is 11.4 Å². The summed E-state index contributed by atoms with van der Waals surface area (Å²) in [5, 5.41) is 6.72. The number of halogens is 6. The molecule has 2 N–H and O–H groups in total. The second-order valence-corrected chi connectivity index (χ2v) is 6.63. The van der Waals surface area contributed by atoms with Crippen LogP contribution in [0.25, 0.3) is 0 Å². The highest BCUT2D eigenvalue weighted by Gasteiger charge is 2.31. The first-order valence-corrected chi connectivity index (χ1v) is 9.36. The molecule has 0 aromatic heterocycles. The van der Waals surface area contributed by atoms with Crippen molar-refractivity contribution >= 4 is 23.6 Å². The van der Waals surface area contributed by atoms with Crippen LogP contribution in [0.15, 0.2) is 76.0 Å². The van der Waals surface area contributed by atoms with Gasteiger partial charge in [-0.2, -0.15) is 10.1 Å². The van der Waals surface area contributed by atoms with E-state index in [0.29, 0.717) is 17.0 Å². The van der Waals surface area contributed by atoms with Crippen LogP contribution >= 0.6 is 0 Å². The zero-order chi connectivity index (χ0) is 25.4. The zero-order valence-corrected chi connectivity index (χ0v) is 17.8. The van der Waals surface area contributed by atoms with Crippen molar-refractivity contribution in [1.29, 1.82) is 0 Å². The molecule has 0 unspecified atom stereocenters. The maximum atomic E-state index is 12.3. The Kier molecular flexibility index (Phi) is 8.64. The summed E-state index contributed by atoms with van der Waals surface area (Å²) in [5.74, 6) is -0.623. The fourth-order valence-electron chi connectivity index (χ4n) is 2.25. The lowest BCUT2D eigenvalue weighted by molar-refractivity contribution is -0.275. The van der Waals surface area contributed by atoms with Crippen molar-refractivity contribution in [2.75, 3.05) is 5.32 Å². The number of hydrogen-bond donors (Lipinski definition) is 2. The molecule has 0 heterocycles. The van der Waals surface area contributed by atoms with Crippen LogP contribution in [-0.2, 0) is 0 Å². The fraction of sp³-hybridized carbons (Fsp3) is 0.190. The molecule has 0 atom stereocenters. The molecule has 0 fully saturated rings. The van der Waals surface area contributed by atoms with Crippen molar-refractivity contribution in [2.24, 2.45) is 15.1 Å². The van der Waals surface area contributed by atoms with Gasteiger partial charge in [-0.1, -0.05) is 6.58 Å². The summed E-state index contributed by atoms with van der Waals surface area (Å²) in [6.45, 7) is 7.08. The molecular weight excluding hydrogens is 468 g/mol. The van der Waals surface area contributed by atoms with E-state index in [4.69, 9.17) is 0 Å². The lowest BCUT2D eigenvalue weighted by Crippen LogP contribution is -2.17. The van der Waals surface area contributed by atoms with Crippen LogP contribution in [0.4, 0.5) is 32.0 Å². The molecule has 0 radical (unpaired) electrons. The minimum Gasteiger partial charge on any atom is -0.406 e. The number of hydrazone groups is 1. The van der Waals surface area contributed by atoms with Crippen LogP contribution in [0.5, 0.6) is 11.5 Å². The van der Waals surface area contributed by atoms with E-state index in [9.17, 15) is 26.3 Å². The topological polar surface area (TPSA) is 79.6 Å². The minimum atomic E-state index is -4.80. The molecule has 0 aliphatic carbocycles. The van der Waals surface area contributed by atoms with Crippen LogP contribution in [0.3, 0.4) is 0 Å². The Bertz CT molecular complexity index is 1060. The number of anilines is 1. The van der Waals surface area contributed by atoms with E-state index >= 15 is 0 Å². The molecule has 0 saturated heterocycles. The minimum absolute atomic E-state index is 0.0535. The lowest BCUT2D eigenvalue weighted by atomic mass is 10.2. The first kappa shape index (κ1) is 26.2. The number of aliphatic imine (C=N–C) groups is 2. The van der Waals surface area contributed by atoms with Crippen LogP contribution in [0, 0.1) is 0 Å². The fourth-order valence-corrected chi connectivity index (χ4v) is 2.25. The van der Waals surface area contributed by atoms with Gasteiger partial charge < -0.3 is 14.8 Å². The Balaban J connectivity index is 2.01. The number of benzene rings is 2. The first-order valence-electron chi connectivity index (χ1n) is 9.36. The molecule has 0 amide bonds. The van der Waals surface area contributed by atoms with E-state index in [-0.39, 0.29) is 23.3 Å². The highest BCUT2D eigenvalue weighted by Crippen LogP contribution is 2.24. The standard InChI is InChI=1S/C21H19F6N5O2/c1-13(2)29-19(31-16-6-10-18(11-7-16)34-21(25,26)27)30-14(3)32-28-12-15-4-8-17(9-5-15)33-20(22,23)24/h4-12,32H,3H2,1-2H3,(H,30,31)/b28-12+. The summed E-state index contributed by atoms with van der Waals surface area (Å²) in [6.07, 6.45) is -8.26. The van der Waals surface area contributed by atoms with Gasteiger partial charge in [-0.15, -0.1) is 26.3 Å². The maximum absolute atomic E-state index is 12.3. The predicted molar refractivity (Wildman–Crippen MR) is 116 cm³/mol. The number of guanidine groups is 1. The summed E-state index contributed by atoms with van der Waals surface area (Å²) in [6, 6.07) is 9.93. The molecular formula is C21H19F6N5O2. The van der Waals surface area contributed by atoms with E-state index in [1.165, 1.54) is 30.5 Å². The molecule has 2 aromatic rings. The number of alkyl halides is 6. The lowest BCUT2D eigenvalue weighted by Gasteiger charge is -2.11. The van der Waals surface area contributed by atoms with Crippen LogP contribution in [0.2, 0.25) is 0 Å². The van der Waals surface area contributed by atoms with Gasteiger partial charge in [0.15, 0.2) is 0 Å². The van der Waals surface area contributed by atoms with Crippen molar-refractivity contribution in [1.82, 2.24) is 5.43 Å². The molecule has 0 saturated carbocycles. The normalized spacial score (nSPS) is 12.3. The molecule has 13 heteroatoms. The number of nitrogens with zero attached hydrogens (tertiary/aromatic N) is 3. The van der Waals surface area contributed by atoms with E-state index < -0.39 is 12.7 Å². The molecule has 7 nitrogen and oxygen atoms in total. The van der Waals surface area contributed by atoms with Gasteiger partial charge in [0.2, 0.25) is 5.96 Å². The molecule has 2 aromatic carbocycles. The Morgan fingerprint density at radius 3 is 1.79 bits per heavy atom. The van der Waals surface area contributed by atoms with Gasteiger partial charge in [-0.3, -0.25) is 5.43 Å². The van der Waals surface area contributed by atoms with Crippen molar-refractivity contribution in [3.63, 3.8) is 0 Å². The molecule has 0 spiro atoms. The highest BCUT2D eigenvalue weighted by molar-refractivity contribution is 6.02. The summed E-state index contributed by atoms with van der Waals surface area (Å²) in [5.41, 5.74) is 4.01. The van der Waals surface area contributed by atoms with Gasteiger partial charge >= 0.3 is 12.7 Å².